The number of rotatable bonds is 4. The molecule has 0 bridgehead atoms. The monoisotopic (exact) mass is 487 g/mol. The SMILES string of the molecule is CC1=C(C(=O)Nc2cccnc2)C(c2cccc(Br)c2)n2nc(-c3cccnc3)nc2N1. The fraction of sp³-hybridized carbons (Fsp3) is 0.0870. The Morgan fingerprint density at radius 3 is 2.62 bits per heavy atom. The number of aromatic nitrogens is 5. The first-order valence-corrected chi connectivity index (χ1v) is 10.7. The van der Waals surface area contributed by atoms with Gasteiger partial charge in [0.05, 0.1) is 17.5 Å². The van der Waals surface area contributed by atoms with Gasteiger partial charge in [-0.25, -0.2) is 4.68 Å². The molecule has 0 saturated heterocycles. The Bertz CT molecular complexity index is 1320. The van der Waals surface area contributed by atoms with Crippen LogP contribution in [0.3, 0.4) is 0 Å². The number of pyridine rings is 2. The van der Waals surface area contributed by atoms with Crippen molar-refractivity contribution in [1.82, 2.24) is 24.7 Å². The lowest BCUT2D eigenvalue weighted by atomic mass is 9.95. The number of fused-ring (bicyclic) bond motifs is 1. The van der Waals surface area contributed by atoms with Crippen LogP contribution in [0, 0.1) is 0 Å². The van der Waals surface area contributed by atoms with Gasteiger partial charge in [0.2, 0.25) is 5.95 Å². The molecule has 1 aliphatic heterocycles. The summed E-state index contributed by atoms with van der Waals surface area (Å²) in [7, 11) is 0. The van der Waals surface area contributed by atoms with E-state index in [0.717, 1.165) is 15.6 Å². The zero-order chi connectivity index (χ0) is 22.1. The van der Waals surface area contributed by atoms with Gasteiger partial charge in [-0.1, -0.05) is 28.1 Å². The normalized spacial score (nSPS) is 15.1. The Morgan fingerprint density at radius 2 is 1.91 bits per heavy atom. The van der Waals surface area contributed by atoms with E-state index >= 15 is 0 Å². The third-order valence-corrected chi connectivity index (χ3v) is 5.59. The molecule has 0 fully saturated rings. The molecular formula is C23H18BrN7O. The van der Waals surface area contributed by atoms with E-state index < -0.39 is 6.04 Å². The summed E-state index contributed by atoms with van der Waals surface area (Å²) in [6.45, 7) is 1.87. The summed E-state index contributed by atoms with van der Waals surface area (Å²) in [5, 5.41) is 10.9. The minimum absolute atomic E-state index is 0.239. The lowest BCUT2D eigenvalue weighted by molar-refractivity contribution is -0.113. The minimum Gasteiger partial charge on any atom is -0.328 e. The van der Waals surface area contributed by atoms with Gasteiger partial charge in [-0.2, -0.15) is 4.98 Å². The molecule has 0 aliphatic carbocycles. The van der Waals surface area contributed by atoms with Crippen molar-refractivity contribution >= 4 is 33.5 Å². The molecule has 2 N–H and O–H groups in total. The van der Waals surface area contributed by atoms with Crippen molar-refractivity contribution in [3.05, 3.63) is 94.6 Å². The van der Waals surface area contributed by atoms with Gasteiger partial charge >= 0.3 is 0 Å². The lowest BCUT2D eigenvalue weighted by Crippen LogP contribution is -2.31. The highest BCUT2D eigenvalue weighted by Crippen LogP contribution is 2.37. The van der Waals surface area contributed by atoms with E-state index in [1.54, 1.807) is 41.6 Å². The highest BCUT2D eigenvalue weighted by atomic mass is 79.9. The largest absolute Gasteiger partial charge is 0.328 e. The highest BCUT2D eigenvalue weighted by molar-refractivity contribution is 9.10. The number of anilines is 2. The first-order chi connectivity index (χ1) is 15.6. The topological polar surface area (TPSA) is 97.6 Å². The summed E-state index contributed by atoms with van der Waals surface area (Å²) in [5.74, 6) is 0.851. The molecule has 4 heterocycles. The summed E-state index contributed by atoms with van der Waals surface area (Å²) in [6.07, 6.45) is 6.69. The summed E-state index contributed by atoms with van der Waals surface area (Å²) in [6, 6.07) is 14.7. The van der Waals surface area contributed by atoms with Crippen LogP contribution < -0.4 is 10.6 Å². The standard InChI is InChI=1S/C23H18BrN7O/c1-14-19(22(32)28-18-8-4-10-26-13-18)20(15-5-2-7-17(24)11-15)31-23(27-14)29-21(30-31)16-6-3-9-25-12-16/h2-13,20H,1H3,(H,28,32)(H,27,29,30). The zero-order valence-electron chi connectivity index (χ0n) is 17.0. The Balaban J connectivity index is 1.62. The molecule has 4 aromatic rings. The number of allylic oxidation sites excluding steroid dienone is 1. The molecule has 1 aromatic carbocycles. The van der Waals surface area contributed by atoms with Gasteiger partial charge in [0.1, 0.15) is 6.04 Å². The number of amides is 1. The van der Waals surface area contributed by atoms with E-state index in [9.17, 15) is 4.79 Å². The molecule has 9 heteroatoms. The van der Waals surface area contributed by atoms with Gasteiger partial charge in [0, 0.05) is 34.3 Å². The minimum atomic E-state index is -0.474. The lowest BCUT2D eigenvalue weighted by Gasteiger charge is -2.28. The van der Waals surface area contributed by atoms with Gasteiger partial charge in [-0.15, -0.1) is 5.10 Å². The second kappa shape index (κ2) is 8.35. The molecule has 1 atom stereocenters. The van der Waals surface area contributed by atoms with Crippen molar-refractivity contribution in [2.45, 2.75) is 13.0 Å². The Hall–Kier alpha value is -3.85. The van der Waals surface area contributed by atoms with Gasteiger partial charge < -0.3 is 10.6 Å². The molecule has 1 aliphatic rings. The number of carbonyl (C=O) groups excluding carboxylic acids is 1. The number of nitrogens with one attached hydrogen (secondary N) is 2. The summed E-state index contributed by atoms with van der Waals surface area (Å²) < 4.78 is 2.65. The average molecular weight is 488 g/mol. The van der Waals surface area contributed by atoms with Crippen LogP contribution in [0.25, 0.3) is 11.4 Å². The van der Waals surface area contributed by atoms with E-state index in [1.165, 1.54) is 0 Å². The fourth-order valence-corrected chi connectivity index (χ4v) is 4.10. The van der Waals surface area contributed by atoms with Crippen LogP contribution in [-0.2, 0) is 4.79 Å². The van der Waals surface area contributed by atoms with E-state index in [4.69, 9.17) is 5.10 Å². The van der Waals surface area contributed by atoms with Crippen molar-refractivity contribution in [3.8, 4) is 11.4 Å². The van der Waals surface area contributed by atoms with Gasteiger partial charge in [-0.3, -0.25) is 14.8 Å². The summed E-state index contributed by atoms with van der Waals surface area (Å²) in [5.41, 5.74) is 3.56. The molecule has 8 nitrogen and oxygen atoms in total. The van der Waals surface area contributed by atoms with Crippen molar-refractivity contribution in [2.75, 3.05) is 10.6 Å². The van der Waals surface area contributed by atoms with E-state index in [2.05, 4.69) is 41.5 Å². The second-order valence-electron chi connectivity index (χ2n) is 7.26. The van der Waals surface area contributed by atoms with E-state index in [1.807, 2.05) is 43.3 Å². The maximum atomic E-state index is 13.4. The van der Waals surface area contributed by atoms with Crippen LogP contribution in [0.1, 0.15) is 18.5 Å². The first-order valence-electron chi connectivity index (χ1n) is 9.92. The van der Waals surface area contributed by atoms with Crippen molar-refractivity contribution in [2.24, 2.45) is 0 Å². The summed E-state index contributed by atoms with van der Waals surface area (Å²) >= 11 is 3.54. The molecular weight excluding hydrogens is 470 g/mol. The number of nitrogens with zero attached hydrogens (tertiary/aromatic N) is 5. The number of benzene rings is 1. The van der Waals surface area contributed by atoms with Crippen LogP contribution in [0.15, 0.2) is 89.1 Å². The predicted octanol–water partition coefficient (Wildman–Crippen LogP) is 4.43. The Kier molecular flexibility index (Phi) is 5.24. The Morgan fingerprint density at radius 1 is 1.09 bits per heavy atom. The van der Waals surface area contributed by atoms with Crippen LogP contribution in [-0.4, -0.2) is 30.6 Å². The Labute approximate surface area is 192 Å². The van der Waals surface area contributed by atoms with Crippen LogP contribution >= 0.6 is 15.9 Å². The fourth-order valence-electron chi connectivity index (χ4n) is 3.68. The van der Waals surface area contributed by atoms with Gasteiger partial charge in [0.25, 0.3) is 5.91 Å². The average Bonchev–Trinajstić information content (AvgIpc) is 3.23. The smallest absolute Gasteiger partial charge is 0.255 e. The molecule has 158 valence electrons. The maximum Gasteiger partial charge on any atom is 0.255 e. The molecule has 0 spiro atoms. The van der Waals surface area contributed by atoms with Crippen LogP contribution in [0.5, 0.6) is 0 Å². The van der Waals surface area contributed by atoms with Gasteiger partial charge in [0.15, 0.2) is 5.82 Å². The number of hydrogen-bond acceptors (Lipinski definition) is 6. The predicted molar refractivity (Wildman–Crippen MR) is 125 cm³/mol. The molecule has 32 heavy (non-hydrogen) atoms. The van der Waals surface area contributed by atoms with Crippen LogP contribution in [0.4, 0.5) is 11.6 Å². The summed E-state index contributed by atoms with van der Waals surface area (Å²) in [4.78, 5) is 26.3. The molecule has 5 rings (SSSR count). The van der Waals surface area contributed by atoms with E-state index in [-0.39, 0.29) is 5.91 Å². The third kappa shape index (κ3) is 3.78. The molecule has 3 aromatic heterocycles. The number of carbonyl (C=O) groups is 1. The third-order valence-electron chi connectivity index (χ3n) is 5.10. The molecule has 0 saturated carbocycles. The number of hydrogen-bond donors (Lipinski definition) is 2. The first kappa shape index (κ1) is 20.1. The zero-order valence-corrected chi connectivity index (χ0v) is 18.6. The van der Waals surface area contributed by atoms with Crippen molar-refractivity contribution in [3.63, 3.8) is 0 Å². The van der Waals surface area contributed by atoms with Crippen molar-refractivity contribution < 1.29 is 4.79 Å². The maximum absolute atomic E-state index is 13.4. The quantitative estimate of drug-likeness (QED) is 0.441. The number of halogens is 1. The molecule has 1 amide bonds. The van der Waals surface area contributed by atoms with Crippen LogP contribution in [0.2, 0.25) is 0 Å². The second-order valence-corrected chi connectivity index (χ2v) is 8.18. The molecule has 1 unspecified atom stereocenters. The van der Waals surface area contributed by atoms with Gasteiger partial charge in [-0.05, 0) is 48.9 Å². The highest BCUT2D eigenvalue weighted by Gasteiger charge is 2.34. The molecule has 0 radical (unpaired) electrons. The van der Waals surface area contributed by atoms with E-state index in [0.29, 0.717) is 28.7 Å². The van der Waals surface area contributed by atoms with Crippen molar-refractivity contribution in [1.29, 1.82) is 0 Å².